The van der Waals surface area contributed by atoms with E-state index in [1.165, 1.54) is 6.92 Å². The second-order valence-corrected chi connectivity index (χ2v) is 2.60. The third-order valence-electron chi connectivity index (χ3n) is 1.63. The first-order chi connectivity index (χ1) is 6.99. The minimum atomic E-state index is -1.66. The number of ether oxygens (including phenoxy) is 1. The van der Waals surface area contributed by atoms with E-state index in [4.69, 9.17) is 5.11 Å². The fourth-order valence-electron chi connectivity index (χ4n) is 0.970. The lowest BCUT2D eigenvalue weighted by Crippen LogP contribution is -2.10. The highest BCUT2D eigenvalue weighted by Gasteiger charge is 2.24. The molecule has 82 valence electrons. The Morgan fingerprint density at radius 2 is 2.00 bits per heavy atom. The zero-order chi connectivity index (χ0) is 11.6. The molecule has 0 aromatic heterocycles. The van der Waals surface area contributed by atoms with Crippen molar-refractivity contribution in [2.24, 2.45) is 0 Å². The average Bonchev–Trinajstić information content (AvgIpc) is 2.15. The van der Waals surface area contributed by atoms with Crippen LogP contribution in [0.4, 0.5) is 13.2 Å². The standard InChI is InChI=1S/C9H7F3O3/c1-2-15-9(14)6-4(10)3-5(11)8(13)7(6)12/h3,13H,2H2,1H3. The summed E-state index contributed by atoms with van der Waals surface area (Å²) in [5.41, 5.74) is -1.10. The van der Waals surface area contributed by atoms with Crippen LogP contribution in [0.2, 0.25) is 0 Å². The Morgan fingerprint density at radius 1 is 1.40 bits per heavy atom. The van der Waals surface area contributed by atoms with E-state index in [1.807, 2.05) is 0 Å². The number of carbonyl (C=O) groups is 1. The Hall–Kier alpha value is -1.72. The third-order valence-corrected chi connectivity index (χ3v) is 1.63. The fraction of sp³-hybridized carbons (Fsp3) is 0.222. The summed E-state index contributed by atoms with van der Waals surface area (Å²) in [6.45, 7) is 1.35. The number of carbonyl (C=O) groups excluding carboxylic acids is 1. The predicted octanol–water partition coefficient (Wildman–Crippen LogP) is 1.99. The van der Waals surface area contributed by atoms with Crippen LogP contribution >= 0.6 is 0 Å². The molecule has 0 atom stereocenters. The third kappa shape index (κ3) is 2.03. The van der Waals surface area contributed by atoms with E-state index in [9.17, 15) is 18.0 Å². The highest BCUT2D eigenvalue weighted by molar-refractivity contribution is 5.90. The Kier molecular flexibility index (Phi) is 3.18. The van der Waals surface area contributed by atoms with E-state index in [-0.39, 0.29) is 12.7 Å². The van der Waals surface area contributed by atoms with Crippen LogP contribution in [0.3, 0.4) is 0 Å². The highest BCUT2D eigenvalue weighted by Crippen LogP contribution is 2.26. The zero-order valence-electron chi connectivity index (χ0n) is 7.68. The second-order valence-electron chi connectivity index (χ2n) is 2.60. The van der Waals surface area contributed by atoms with Crippen molar-refractivity contribution < 1.29 is 27.8 Å². The summed E-state index contributed by atoms with van der Waals surface area (Å²) >= 11 is 0. The number of phenols is 1. The SMILES string of the molecule is CCOC(=O)c1c(F)cc(F)c(O)c1F. The summed E-state index contributed by atoms with van der Waals surface area (Å²) in [5, 5.41) is 8.80. The van der Waals surface area contributed by atoms with Crippen LogP contribution in [0.25, 0.3) is 0 Å². The molecule has 0 radical (unpaired) electrons. The summed E-state index contributed by atoms with van der Waals surface area (Å²) in [4.78, 5) is 11.0. The maximum atomic E-state index is 13.1. The summed E-state index contributed by atoms with van der Waals surface area (Å²) < 4.78 is 43.0. The van der Waals surface area contributed by atoms with Gasteiger partial charge in [-0.05, 0) is 6.92 Å². The van der Waals surface area contributed by atoms with Crippen LogP contribution in [-0.4, -0.2) is 17.7 Å². The van der Waals surface area contributed by atoms with Gasteiger partial charge in [0.1, 0.15) is 11.4 Å². The molecule has 0 aliphatic heterocycles. The Labute approximate surface area is 83.1 Å². The fourth-order valence-corrected chi connectivity index (χ4v) is 0.970. The summed E-state index contributed by atoms with van der Waals surface area (Å²) in [5.74, 6) is -7.24. The summed E-state index contributed by atoms with van der Waals surface area (Å²) in [6, 6.07) is 0.213. The van der Waals surface area contributed by atoms with Crippen LogP contribution in [-0.2, 0) is 4.74 Å². The summed E-state index contributed by atoms with van der Waals surface area (Å²) in [6.07, 6.45) is 0. The molecule has 1 aromatic rings. The molecule has 0 unspecified atom stereocenters. The average molecular weight is 220 g/mol. The smallest absolute Gasteiger partial charge is 0.344 e. The number of esters is 1. The number of benzene rings is 1. The van der Waals surface area contributed by atoms with Gasteiger partial charge in [0, 0.05) is 6.07 Å². The molecule has 0 fully saturated rings. The number of aromatic hydroxyl groups is 1. The largest absolute Gasteiger partial charge is 0.503 e. The van der Waals surface area contributed by atoms with Crippen LogP contribution in [0.5, 0.6) is 5.75 Å². The molecule has 1 N–H and O–H groups in total. The van der Waals surface area contributed by atoms with Crippen molar-refractivity contribution in [2.75, 3.05) is 6.61 Å². The normalized spacial score (nSPS) is 10.1. The Morgan fingerprint density at radius 3 is 2.53 bits per heavy atom. The molecular formula is C9H7F3O3. The molecule has 0 heterocycles. The van der Waals surface area contributed by atoms with Gasteiger partial charge in [-0.2, -0.15) is 0 Å². The maximum absolute atomic E-state index is 13.1. The molecule has 0 aliphatic rings. The van der Waals surface area contributed by atoms with Crippen LogP contribution in [0, 0.1) is 17.5 Å². The molecule has 1 aromatic carbocycles. The van der Waals surface area contributed by atoms with Crippen LogP contribution in [0.15, 0.2) is 6.07 Å². The van der Waals surface area contributed by atoms with Crippen molar-refractivity contribution in [1.29, 1.82) is 0 Å². The Balaban J connectivity index is 3.29. The van der Waals surface area contributed by atoms with Crippen LogP contribution < -0.4 is 0 Å². The van der Waals surface area contributed by atoms with Crippen LogP contribution in [0.1, 0.15) is 17.3 Å². The molecule has 0 saturated heterocycles. The number of hydrogen-bond acceptors (Lipinski definition) is 3. The second kappa shape index (κ2) is 4.20. The van der Waals surface area contributed by atoms with E-state index in [0.29, 0.717) is 0 Å². The van der Waals surface area contributed by atoms with Gasteiger partial charge in [-0.15, -0.1) is 0 Å². The molecule has 0 spiro atoms. The van der Waals surface area contributed by atoms with Crippen molar-refractivity contribution in [1.82, 2.24) is 0 Å². The number of phenolic OH excluding ortho intramolecular Hbond substituents is 1. The maximum Gasteiger partial charge on any atom is 0.344 e. The van der Waals surface area contributed by atoms with Crippen molar-refractivity contribution in [2.45, 2.75) is 6.92 Å². The monoisotopic (exact) mass is 220 g/mol. The number of rotatable bonds is 2. The van der Waals surface area contributed by atoms with E-state index in [0.717, 1.165) is 0 Å². The van der Waals surface area contributed by atoms with Gasteiger partial charge in [-0.3, -0.25) is 0 Å². The van der Waals surface area contributed by atoms with Crippen molar-refractivity contribution in [3.63, 3.8) is 0 Å². The van der Waals surface area contributed by atoms with Gasteiger partial charge in [0.2, 0.25) is 0 Å². The van der Waals surface area contributed by atoms with Gasteiger partial charge in [0.15, 0.2) is 17.4 Å². The first-order valence-corrected chi connectivity index (χ1v) is 4.02. The van der Waals surface area contributed by atoms with Gasteiger partial charge in [-0.1, -0.05) is 0 Å². The topological polar surface area (TPSA) is 46.5 Å². The van der Waals surface area contributed by atoms with E-state index < -0.39 is 34.7 Å². The van der Waals surface area contributed by atoms with Gasteiger partial charge in [-0.25, -0.2) is 18.0 Å². The van der Waals surface area contributed by atoms with E-state index in [2.05, 4.69) is 4.74 Å². The van der Waals surface area contributed by atoms with Crippen molar-refractivity contribution in [3.8, 4) is 5.75 Å². The van der Waals surface area contributed by atoms with Crippen molar-refractivity contribution >= 4 is 5.97 Å². The number of halogens is 3. The lowest BCUT2D eigenvalue weighted by Gasteiger charge is -2.06. The molecule has 1 rings (SSSR count). The number of hydrogen-bond donors (Lipinski definition) is 1. The van der Waals surface area contributed by atoms with Gasteiger partial charge in [0.05, 0.1) is 6.61 Å². The highest BCUT2D eigenvalue weighted by atomic mass is 19.1. The molecule has 0 amide bonds. The van der Waals surface area contributed by atoms with E-state index >= 15 is 0 Å². The molecule has 15 heavy (non-hydrogen) atoms. The van der Waals surface area contributed by atoms with Gasteiger partial charge >= 0.3 is 5.97 Å². The summed E-state index contributed by atoms with van der Waals surface area (Å²) in [7, 11) is 0. The van der Waals surface area contributed by atoms with E-state index in [1.54, 1.807) is 0 Å². The minimum Gasteiger partial charge on any atom is -0.503 e. The van der Waals surface area contributed by atoms with Crippen molar-refractivity contribution in [3.05, 3.63) is 29.1 Å². The Bertz CT molecular complexity index is 404. The van der Waals surface area contributed by atoms with Gasteiger partial charge < -0.3 is 9.84 Å². The lowest BCUT2D eigenvalue weighted by atomic mass is 10.2. The first kappa shape index (κ1) is 11.4. The predicted molar refractivity (Wildman–Crippen MR) is 43.9 cm³/mol. The molecule has 0 saturated carbocycles. The molecule has 3 nitrogen and oxygen atoms in total. The first-order valence-electron chi connectivity index (χ1n) is 4.02. The lowest BCUT2D eigenvalue weighted by molar-refractivity contribution is 0.0514. The molecule has 0 bridgehead atoms. The molecule has 6 heteroatoms. The minimum absolute atomic E-state index is 0.0874. The van der Waals surface area contributed by atoms with Gasteiger partial charge in [0.25, 0.3) is 0 Å². The molecule has 0 aliphatic carbocycles. The zero-order valence-corrected chi connectivity index (χ0v) is 7.68. The quantitative estimate of drug-likeness (QED) is 0.775. The molecular weight excluding hydrogens is 213 g/mol.